The van der Waals surface area contributed by atoms with Gasteiger partial charge < -0.3 is 30.1 Å². The summed E-state index contributed by atoms with van der Waals surface area (Å²) >= 11 is 0. The summed E-state index contributed by atoms with van der Waals surface area (Å²) in [6.07, 6.45) is 11.4. The number of fused-ring (bicyclic) bond motifs is 1. The van der Waals surface area contributed by atoms with Crippen LogP contribution < -0.4 is 15.4 Å². The van der Waals surface area contributed by atoms with E-state index in [-0.39, 0.29) is 24.2 Å². The van der Waals surface area contributed by atoms with E-state index in [4.69, 9.17) is 18.6 Å². The fraction of sp³-hybridized carbons (Fsp3) is 0.514. The number of carbonyl (C=O) groups excluding carboxylic acids is 2. The van der Waals surface area contributed by atoms with E-state index in [0.29, 0.717) is 63.2 Å². The number of amides is 2. The van der Waals surface area contributed by atoms with Gasteiger partial charge in [-0.05, 0) is 55.0 Å². The second-order valence-corrected chi connectivity index (χ2v) is 16.1. The van der Waals surface area contributed by atoms with Gasteiger partial charge in [-0.2, -0.15) is 21.9 Å². The minimum Gasteiger partial charge on any atom is -0.506 e. The maximum Gasteiger partial charge on any atom is 0.265 e. The van der Waals surface area contributed by atoms with Crippen molar-refractivity contribution in [3.63, 3.8) is 0 Å². The van der Waals surface area contributed by atoms with E-state index in [2.05, 4.69) is 44.9 Å². The largest absolute Gasteiger partial charge is 0.506 e. The molecule has 2 heterocycles. The number of aromatic hydroxyl groups is 1. The minimum atomic E-state index is -4.30. The van der Waals surface area contributed by atoms with Gasteiger partial charge in [-0.15, -0.1) is 0 Å². The molecule has 1 fully saturated rings. The Kier molecular flexibility index (Phi) is 15.6. The van der Waals surface area contributed by atoms with Crippen molar-refractivity contribution < 1.29 is 50.1 Å². The topological polar surface area (TPSA) is 227 Å². The molecular weight excluding hydrogens is 731 g/mol. The standard InChI is InChI=1S/C33H43N5O5.C2H6O6S2/c1-37-22-27(21-35-37)25-9-7-24(8-10-25)14-19-42-20-15-31(41)38(28-5-3-2-4-6-28)18-17-34-16-13-26-11-12-29(39)32-33(26)43-23-30(40)36-32;3-9(4,5)1-2-10(6,7)8/h7-12,21-22,28,34,39H,2-6,13-20,23H2,1H3,(H,36,40);1-2H2,(H,3,4,5)(H,6,7,8). The average molecular weight is 780 g/mol. The number of hydrogen-bond acceptors (Lipinski definition) is 11. The zero-order valence-corrected chi connectivity index (χ0v) is 31.4. The first-order valence-electron chi connectivity index (χ1n) is 17.5. The molecule has 1 aliphatic heterocycles. The van der Waals surface area contributed by atoms with Gasteiger partial charge in [-0.3, -0.25) is 23.4 Å². The molecule has 3 aromatic rings. The first-order chi connectivity index (χ1) is 25.2. The van der Waals surface area contributed by atoms with Crippen molar-refractivity contribution in [1.82, 2.24) is 20.0 Å². The van der Waals surface area contributed by atoms with Gasteiger partial charge >= 0.3 is 0 Å². The molecule has 1 aliphatic carbocycles. The average Bonchev–Trinajstić information content (AvgIpc) is 3.56. The predicted molar refractivity (Wildman–Crippen MR) is 198 cm³/mol. The smallest absolute Gasteiger partial charge is 0.265 e. The van der Waals surface area contributed by atoms with E-state index < -0.39 is 31.7 Å². The number of phenolic OH excluding ortho intramolecular Hbond substituents is 1. The number of aromatic nitrogens is 2. The third-order valence-corrected chi connectivity index (χ3v) is 10.6. The van der Waals surface area contributed by atoms with Crippen LogP contribution in [-0.4, -0.2) is 115 Å². The number of carbonyl (C=O) groups is 2. The molecule has 0 bridgehead atoms. The van der Waals surface area contributed by atoms with Crippen LogP contribution in [0.5, 0.6) is 11.5 Å². The Bertz CT molecular complexity index is 1850. The van der Waals surface area contributed by atoms with E-state index in [1.807, 2.05) is 25.5 Å². The molecule has 1 saturated carbocycles. The Morgan fingerprint density at radius 3 is 2.32 bits per heavy atom. The number of phenols is 1. The molecule has 2 aromatic carbocycles. The Morgan fingerprint density at radius 1 is 0.981 bits per heavy atom. The summed E-state index contributed by atoms with van der Waals surface area (Å²) in [6.45, 7) is 2.99. The number of nitrogens with one attached hydrogen (secondary N) is 2. The van der Waals surface area contributed by atoms with Gasteiger partial charge in [-0.25, -0.2) is 0 Å². The van der Waals surface area contributed by atoms with E-state index in [1.165, 1.54) is 24.8 Å². The summed E-state index contributed by atoms with van der Waals surface area (Å²) in [7, 11) is -6.68. The first-order valence-corrected chi connectivity index (χ1v) is 20.7. The van der Waals surface area contributed by atoms with Crippen LogP contribution >= 0.6 is 0 Å². The highest BCUT2D eigenvalue weighted by Crippen LogP contribution is 2.39. The molecule has 2 amide bonds. The first kappa shape index (κ1) is 41.7. The highest BCUT2D eigenvalue weighted by atomic mass is 32.2. The molecule has 5 N–H and O–H groups in total. The number of ether oxygens (including phenoxy) is 2. The number of aryl methyl sites for hydroxylation is 1. The fourth-order valence-electron chi connectivity index (χ4n) is 6.10. The van der Waals surface area contributed by atoms with Gasteiger partial charge in [0.25, 0.3) is 26.1 Å². The van der Waals surface area contributed by atoms with Crippen molar-refractivity contribution >= 4 is 37.7 Å². The summed E-state index contributed by atoms with van der Waals surface area (Å²) in [5, 5.41) is 20.5. The minimum absolute atomic E-state index is 0.000764. The zero-order valence-electron chi connectivity index (χ0n) is 29.8. The van der Waals surface area contributed by atoms with Crippen molar-refractivity contribution in [2.24, 2.45) is 7.05 Å². The van der Waals surface area contributed by atoms with Crippen LogP contribution in [0.25, 0.3) is 11.1 Å². The summed E-state index contributed by atoms with van der Waals surface area (Å²) in [6, 6.07) is 12.2. The molecule has 0 saturated heterocycles. The van der Waals surface area contributed by atoms with Crippen molar-refractivity contribution in [3.05, 3.63) is 59.9 Å². The summed E-state index contributed by atoms with van der Waals surface area (Å²) in [5.74, 6) is -1.55. The van der Waals surface area contributed by atoms with Crippen LogP contribution in [0.1, 0.15) is 49.7 Å². The number of anilines is 1. The quantitative estimate of drug-likeness (QED) is 0.0756. The van der Waals surface area contributed by atoms with Crippen molar-refractivity contribution in [2.75, 3.05) is 56.3 Å². The maximum absolute atomic E-state index is 13.3. The molecule has 0 spiro atoms. The normalized spacial score (nSPS) is 14.7. The van der Waals surface area contributed by atoms with Gasteiger partial charge in [0.05, 0.1) is 37.3 Å². The van der Waals surface area contributed by atoms with Gasteiger partial charge in [0.15, 0.2) is 12.4 Å². The highest BCUT2D eigenvalue weighted by Gasteiger charge is 2.25. The lowest BCUT2D eigenvalue weighted by Gasteiger charge is -2.34. The summed E-state index contributed by atoms with van der Waals surface area (Å²) in [4.78, 5) is 27.0. The second-order valence-electron chi connectivity index (χ2n) is 12.9. The number of nitrogens with zero attached hydrogens (tertiary/aromatic N) is 3. The van der Waals surface area contributed by atoms with Crippen LogP contribution in [0.2, 0.25) is 0 Å². The Hall–Kier alpha value is -4.07. The molecule has 5 rings (SSSR count). The van der Waals surface area contributed by atoms with Gasteiger partial charge in [0.1, 0.15) is 11.4 Å². The van der Waals surface area contributed by atoms with Crippen LogP contribution in [-0.2, 0) is 54.5 Å². The Balaban J connectivity index is 0.000000550. The monoisotopic (exact) mass is 779 g/mol. The molecule has 1 aromatic heterocycles. The van der Waals surface area contributed by atoms with E-state index in [9.17, 15) is 31.5 Å². The molecule has 0 unspecified atom stereocenters. The molecule has 0 radical (unpaired) electrons. The van der Waals surface area contributed by atoms with Crippen LogP contribution in [0.15, 0.2) is 48.8 Å². The molecule has 2 aliphatic rings. The number of hydrogen-bond donors (Lipinski definition) is 5. The lowest BCUT2D eigenvalue weighted by molar-refractivity contribution is -0.135. The van der Waals surface area contributed by atoms with E-state index in [0.717, 1.165) is 36.0 Å². The van der Waals surface area contributed by atoms with Crippen LogP contribution in [0.3, 0.4) is 0 Å². The van der Waals surface area contributed by atoms with Crippen molar-refractivity contribution in [1.29, 1.82) is 0 Å². The molecule has 53 heavy (non-hydrogen) atoms. The Labute approximate surface area is 310 Å². The van der Waals surface area contributed by atoms with E-state index >= 15 is 0 Å². The number of benzene rings is 2. The summed E-state index contributed by atoms with van der Waals surface area (Å²) < 4.78 is 68.7. The predicted octanol–water partition coefficient (Wildman–Crippen LogP) is 2.83. The third-order valence-electron chi connectivity index (χ3n) is 8.85. The lowest BCUT2D eigenvalue weighted by atomic mass is 9.94. The molecule has 0 atom stereocenters. The summed E-state index contributed by atoms with van der Waals surface area (Å²) in [5.41, 5.74) is 4.70. The van der Waals surface area contributed by atoms with Crippen LogP contribution in [0, 0.1) is 0 Å². The second kappa shape index (κ2) is 19.8. The number of rotatable bonds is 17. The van der Waals surface area contributed by atoms with Gasteiger partial charge in [0, 0.05) is 37.9 Å². The highest BCUT2D eigenvalue weighted by molar-refractivity contribution is 7.89. The molecule has 18 heteroatoms. The van der Waals surface area contributed by atoms with E-state index in [1.54, 1.807) is 10.7 Å². The fourth-order valence-corrected chi connectivity index (χ4v) is 7.79. The molecule has 292 valence electrons. The lowest BCUT2D eigenvalue weighted by Crippen LogP contribution is -2.45. The SMILES string of the molecule is Cn1cc(-c2ccc(CCOCCC(=O)N(CCNCCc3ccc(O)c4c3OCC(=O)N4)C3CCCCC3)cc2)cn1.O=S(=O)(O)CCS(=O)(=O)O. The zero-order chi connectivity index (χ0) is 38.4. The molecule has 16 nitrogen and oxygen atoms in total. The Morgan fingerprint density at radius 2 is 1.68 bits per heavy atom. The van der Waals surface area contributed by atoms with Crippen LogP contribution in [0.4, 0.5) is 5.69 Å². The molecular formula is C35H49N5O11S2. The van der Waals surface area contributed by atoms with Gasteiger partial charge in [0.2, 0.25) is 5.91 Å². The maximum atomic E-state index is 13.3. The third kappa shape index (κ3) is 14.4. The van der Waals surface area contributed by atoms with Crippen molar-refractivity contribution in [3.8, 4) is 22.6 Å². The van der Waals surface area contributed by atoms with Crippen molar-refractivity contribution in [2.45, 2.75) is 57.4 Å². The van der Waals surface area contributed by atoms with Gasteiger partial charge in [-0.1, -0.05) is 49.6 Å².